The van der Waals surface area contributed by atoms with Crippen molar-refractivity contribution in [3.05, 3.63) is 12.3 Å². The molecule has 0 radical (unpaired) electrons. The van der Waals surface area contributed by atoms with Crippen LogP contribution in [-0.4, -0.2) is 6.29 Å². The molecule has 0 aromatic carbocycles. The van der Waals surface area contributed by atoms with Crippen molar-refractivity contribution in [2.24, 2.45) is 0 Å². The van der Waals surface area contributed by atoms with Gasteiger partial charge in [0, 0.05) is 18.0 Å². The molecule has 0 rings (SSSR count). The van der Waals surface area contributed by atoms with Gasteiger partial charge in [0.1, 0.15) is 6.29 Å². The number of aldehydes is 1. The van der Waals surface area contributed by atoms with Crippen LogP contribution in [0.3, 0.4) is 0 Å². The van der Waals surface area contributed by atoms with Crippen LogP contribution in [0.25, 0.3) is 0 Å². The maximum absolute atomic E-state index is 9.38. The van der Waals surface area contributed by atoms with E-state index in [4.69, 9.17) is 11.8 Å². The van der Waals surface area contributed by atoms with E-state index in [-0.39, 0.29) is 0 Å². The number of hydrogen-bond donors (Lipinski definition) is 1. The van der Waals surface area contributed by atoms with Gasteiger partial charge in [-0.05, 0) is 6.08 Å². The van der Waals surface area contributed by atoms with Gasteiger partial charge in [-0.15, -0.1) is 0 Å². The molecule has 0 heterocycles. The van der Waals surface area contributed by atoms with E-state index in [0.29, 0.717) is 6.29 Å². The predicted octanol–water partition coefficient (Wildman–Crippen LogP) is 0.442. The van der Waals surface area contributed by atoms with Crippen molar-refractivity contribution in [2.75, 3.05) is 0 Å². The minimum Gasteiger partial charge on any atom is -0.306 e. The predicted molar refractivity (Wildman–Crippen MR) is 24.2 cm³/mol. The Bertz CT molecular complexity index is 61.8. The number of rotatable bonds is 2. The standard InChI is InChI=1S/C3H4ClNO/c4-5-2-1-3-6/h1-3,5H. The van der Waals surface area contributed by atoms with Crippen molar-refractivity contribution < 1.29 is 4.79 Å². The Labute approximate surface area is 40.9 Å². The van der Waals surface area contributed by atoms with Gasteiger partial charge < -0.3 is 4.84 Å². The lowest BCUT2D eigenvalue weighted by Gasteiger charge is -1.70. The smallest absolute Gasteiger partial charge is 0.144 e. The number of carbonyl (C=O) groups excluding carboxylic acids is 1. The van der Waals surface area contributed by atoms with E-state index < -0.39 is 0 Å². The third kappa shape index (κ3) is 3.50. The summed E-state index contributed by atoms with van der Waals surface area (Å²) in [6.45, 7) is 0. The number of hydrogen-bond acceptors (Lipinski definition) is 2. The third-order valence-corrected chi connectivity index (χ3v) is 0.364. The molecule has 0 saturated heterocycles. The van der Waals surface area contributed by atoms with Crippen molar-refractivity contribution in [1.82, 2.24) is 4.84 Å². The summed E-state index contributed by atoms with van der Waals surface area (Å²) in [6, 6.07) is 0. The Kier molecular flexibility index (Phi) is 4.12. The van der Waals surface area contributed by atoms with Crippen molar-refractivity contribution in [1.29, 1.82) is 0 Å². The fourth-order valence-electron chi connectivity index (χ4n) is 0.0757. The number of nitrogens with one attached hydrogen (secondary N) is 1. The van der Waals surface area contributed by atoms with Crippen LogP contribution in [0.5, 0.6) is 0 Å². The molecule has 2 nitrogen and oxygen atoms in total. The molecule has 0 spiro atoms. The molecule has 0 amide bonds. The molecule has 0 atom stereocenters. The van der Waals surface area contributed by atoms with E-state index in [0.717, 1.165) is 0 Å². The summed E-state index contributed by atoms with van der Waals surface area (Å²) >= 11 is 4.88. The second kappa shape index (κ2) is 4.50. The highest BCUT2D eigenvalue weighted by Gasteiger charge is 1.56. The molecule has 0 aromatic heterocycles. The molecule has 0 aliphatic carbocycles. The summed E-state index contributed by atoms with van der Waals surface area (Å²) in [5.41, 5.74) is 0. The van der Waals surface area contributed by atoms with E-state index in [2.05, 4.69) is 4.84 Å². The summed E-state index contributed by atoms with van der Waals surface area (Å²) in [4.78, 5) is 11.5. The van der Waals surface area contributed by atoms with Crippen LogP contribution < -0.4 is 4.84 Å². The Morgan fingerprint density at radius 2 is 2.33 bits per heavy atom. The van der Waals surface area contributed by atoms with Crippen molar-refractivity contribution in [2.45, 2.75) is 0 Å². The topological polar surface area (TPSA) is 29.1 Å². The Hall–Kier alpha value is -0.500. The zero-order valence-electron chi connectivity index (χ0n) is 3.02. The summed E-state index contributed by atoms with van der Waals surface area (Å²) in [5, 5.41) is 0. The molecule has 0 aliphatic rings. The molecular weight excluding hydrogens is 101 g/mol. The summed E-state index contributed by atoms with van der Waals surface area (Å²) < 4.78 is 0. The van der Waals surface area contributed by atoms with E-state index in [1.54, 1.807) is 0 Å². The molecule has 0 bridgehead atoms. The van der Waals surface area contributed by atoms with Crippen LogP contribution in [0.2, 0.25) is 0 Å². The first-order valence-corrected chi connectivity index (χ1v) is 1.76. The van der Waals surface area contributed by atoms with E-state index >= 15 is 0 Å². The number of carbonyl (C=O) groups is 1. The molecule has 34 valence electrons. The maximum atomic E-state index is 9.38. The highest BCUT2D eigenvalue weighted by atomic mass is 35.5. The van der Waals surface area contributed by atoms with Crippen molar-refractivity contribution in [3.8, 4) is 0 Å². The molecule has 0 unspecified atom stereocenters. The van der Waals surface area contributed by atoms with Gasteiger partial charge in [0.15, 0.2) is 0 Å². The first-order chi connectivity index (χ1) is 2.91. The summed E-state index contributed by atoms with van der Waals surface area (Å²) in [6.07, 6.45) is 3.22. The Balaban J connectivity index is 2.94. The molecule has 0 fully saturated rings. The zero-order valence-corrected chi connectivity index (χ0v) is 3.77. The lowest BCUT2D eigenvalue weighted by molar-refractivity contribution is -0.104. The molecule has 0 aromatic rings. The van der Waals surface area contributed by atoms with Crippen LogP contribution in [0.1, 0.15) is 0 Å². The lowest BCUT2D eigenvalue weighted by atomic mass is 10.7. The zero-order chi connectivity index (χ0) is 4.83. The average Bonchev–Trinajstić information content (AvgIpc) is 1.61. The van der Waals surface area contributed by atoms with Gasteiger partial charge in [-0.25, -0.2) is 0 Å². The highest BCUT2D eigenvalue weighted by Crippen LogP contribution is 1.60. The van der Waals surface area contributed by atoms with Gasteiger partial charge in [-0.2, -0.15) is 0 Å². The van der Waals surface area contributed by atoms with Crippen LogP contribution >= 0.6 is 11.8 Å². The van der Waals surface area contributed by atoms with Gasteiger partial charge in [-0.3, -0.25) is 4.79 Å². The number of allylic oxidation sites excluding steroid dienone is 1. The minimum absolute atomic E-state index is 0.634. The van der Waals surface area contributed by atoms with E-state index in [1.807, 2.05) is 0 Å². The summed E-state index contributed by atoms with van der Waals surface area (Å²) in [7, 11) is 0. The Morgan fingerprint density at radius 3 is 2.50 bits per heavy atom. The van der Waals surface area contributed by atoms with Gasteiger partial charge in [0.05, 0.1) is 0 Å². The fourth-order valence-corrected chi connectivity index (χ4v) is 0.148. The molecule has 1 N–H and O–H groups in total. The van der Waals surface area contributed by atoms with Crippen LogP contribution in [0.15, 0.2) is 12.3 Å². The molecule has 0 aliphatic heterocycles. The minimum atomic E-state index is 0.634. The number of halogens is 1. The van der Waals surface area contributed by atoms with Gasteiger partial charge in [0.2, 0.25) is 0 Å². The summed E-state index contributed by atoms with van der Waals surface area (Å²) in [5.74, 6) is 0. The molecule has 6 heavy (non-hydrogen) atoms. The maximum Gasteiger partial charge on any atom is 0.144 e. The molecule has 0 saturated carbocycles. The van der Waals surface area contributed by atoms with Gasteiger partial charge >= 0.3 is 0 Å². The van der Waals surface area contributed by atoms with Gasteiger partial charge in [-0.1, -0.05) is 0 Å². The normalized spacial score (nSPS) is 8.83. The van der Waals surface area contributed by atoms with Crippen LogP contribution in [-0.2, 0) is 4.79 Å². The Morgan fingerprint density at radius 1 is 1.67 bits per heavy atom. The van der Waals surface area contributed by atoms with E-state index in [9.17, 15) is 4.79 Å². The quantitative estimate of drug-likeness (QED) is 0.314. The lowest BCUT2D eigenvalue weighted by Crippen LogP contribution is -1.78. The monoisotopic (exact) mass is 105 g/mol. The van der Waals surface area contributed by atoms with Crippen LogP contribution in [0.4, 0.5) is 0 Å². The van der Waals surface area contributed by atoms with Crippen molar-refractivity contribution >= 4 is 18.1 Å². The highest BCUT2D eigenvalue weighted by molar-refractivity contribution is 6.14. The van der Waals surface area contributed by atoms with Gasteiger partial charge in [0.25, 0.3) is 0 Å². The van der Waals surface area contributed by atoms with Crippen LogP contribution in [0, 0.1) is 0 Å². The SMILES string of the molecule is O=CC=CNCl. The van der Waals surface area contributed by atoms with E-state index in [1.165, 1.54) is 12.3 Å². The molecule has 3 heteroatoms. The largest absolute Gasteiger partial charge is 0.306 e. The molecular formula is C3H4ClNO. The first-order valence-electron chi connectivity index (χ1n) is 1.38. The van der Waals surface area contributed by atoms with Crippen molar-refractivity contribution in [3.63, 3.8) is 0 Å². The fraction of sp³-hybridized carbons (Fsp3) is 0. The second-order valence-corrected chi connectivity index (χ2v) is 0.823. The second-order valence-electron chi connectivity index (χ2n) is 0.604. The third-order valence-electron chi connectivity index (χ3n) is 0.238. The first kappa shape index (κ1) is 5.50. The average molecular weight is 106 g/mol.